The van der Waals surface area contributed by atoms with Gasteiger partial charge in [-0.05, 0) is 108 Å². The molecule has 2 aromatic rings. The number of halogens is 4. The van der Waals surface area contributed by atoms with Crippen LogP contribution in [-0.2, 0) is 19.6 Å². The number of carbonyl (C=O) groups excluding carboxylic acids is 3. The Morgan fingerprint density at radius 3 is 2.18 bits per heavy atom. The number of alkyl halides is 2. The molecule has 14 heteroatoms. The summed E-state index contributed by atoms with van der Waals surface area (Å²) in [5.74, 6) is -2.82. The van der Waals surface area contributed by atoms with Gasteiger partial charge in [-0.25, -0.2) is 22.8 Å². The molecule has 1 aliphatic carbocycles. The highest BCUT2D eigenvalue weighted by molar-refractivity contribution is 14.1. The highest BCUT2D eigenvalue weighted by Crippen LogP contribution is 2.34. The standard InChI is InChI=1S/C25H24F2I2O9S/c1-24(9-4-5-10-24)38-23(32)17-8-3-2-7-16(17)22(31)37-20-18(13-15(28)14-19(20)29)21(30)36-12-6-11-25(26,27)39(33,34)35/h2-3,7-8,13-14H,4-6,9-12H2,1H3,(H,33,34,35)/p-1. The lowest BCUT2D eigenvalue weighted by molar-refractivity contribution is -0.00637. The maximum Gasteiger partial charge on any atom is 0.344 e. The number of hydrogen-bond donors (Lipinski definition) is 0. The quantitative estimate of drug-likeness (QED) is 0.0980. The van der Waals surface area contributed by atoms with Crippen molar-refractivity contribution in [3.8, 4) is 5.75 Å². The van der Waals surface area contributed by atoms with Gasteiger partial charge in [0, 0.05) is 9.99 Å². The fraction of sp³-hybridized carbons (Fsp3) is 0.400. The van der Waals surface area contributed by atoms with Gasteiger partial charge in [-0.3, -0.25) is 0 Å². The molecular formula is C25H23F2I2O9S-. The molecule has 0 N–H and O–H groups in total. The van der Waals surface area contributed by atoms with Gasteiger partial charge >= 0.3 is 23.2 Å². The molecule has 0 spiro atoms. The summed E-state index contributed by atoms with van der Waals surface area (Å²) >= 11 is 3.75. The Balaban J connectivity index is 1.78. The van der Waals surface area contributed by atoms with Gasteiger partial charge in [-0.2, -0.15) is 8.78 Å². The van der Waals surface area contributed by atoms with E-state index in [1.807, 2.05) is 52.1 Å². The van der Waals surface area contributed by atoms with E-state index in [4.69, 9.17) is 14.2 Å². The van der Waals surface area contributed by atoms with Crippen LogP contribution < -0.4 is 4.74 Å². The Kier molecular flexibility index (Phi) is 10.3. The molecule has 0 aliphatic heterocycles. The lowest BCUT2D eigenvalue weighted by Crippen LogP contribution is -2.29. The summed E-state index contributed by atoms with van der Waals surface area (Å²) in [5, 5.41) is -4.50. The first-order valence-electron chi connectivity index (χ1n) is 11.7. The zero-order valence-corrected chi connectivity index (χ0v) is 25.6. The fourth-order valence-corrected chi connectivity index (χ4v) is 6.30. The molecule has 1 aliphatic rings. The molecule has 9 nitrogen and oxygen atoms in total. The molecule has 1 fully saturated rings. The summed E-state index contributed by atoms with van der Waals surface area (Å²) in [5.41, 5.74) is -0.909. The van der Waals surface area contributed by atoms with Crippen molar-refractivity contribution in [1.29, 1.82) is 0 Å². The number of ether oxygens (including phenoxy) is 3. The van der Waals surface area contributed by atoms with Crippen molar-refractivity contribution in [2.24, 2.45) is 0 Å². The Hall–Kier alpha value is -1.92. The van der Waals surface area contributed by atoms with E-state index >= 15 is 0 Å². The molecule has 0 aromatic heterocycles. The summed E-state index contributed by atoms with van der Waals surface area (Å²) in [6, 6.07) is 8.90. The third-order valence-corrected chi connectivity index (χ3v) is 8.36. The number of carbonyl (C=O) groups is 3. The zero-order valence-electron chi connectivity index (χ0n) is 20.5. The molecule has 3 rings (SSSR count). The summed E-state index contributed by atoms with van der Waals surface area (Å²) in [7, 11) is -5.85. The van der Waals surface area contributed by atoms with Gasteiger partial charge in [0.25, 0.3) is 0 Å². The maximum absolute atomic E-state index is 13.3. The Labute approximate surface area is 251 Å². The lowest BCUT2D eigenvalue weighted by Gasteiger charge is -2.24. The normalized spacial score (nSPS) is 15.0. The van der Waals surface area contributed by atoms with Crippen LogP contribution in [0.1, 0.15) is 76.5 Å². The van der Waals surface area contributed by atoms with Crippen molar-refractivity contribution in [1.82, 2.24) is 0 Å². The molecule has 2 aromatic carbocycles. The van der Waals surface area contributed by atoms with Crippen LogP contribution in [0.4, 0.5) is 8.78 Å². The predicted molar refractivity (Wildman–Crippen MR) is 150 cm³/mol. The highest BCUT2D eigenvalue weighted by Gasteiger charge is 2.37. The average Bonchev–Trinajstić information content (AvgIpc) is 3.28. The van der Waals surface area contributed by atoms with Crippen LogP contribution in [0.3, 0.4) is 0 Å². The number of benzene rings is 2. The third kappa shape index (κ3) is 8.07. The maximum atomic E-state index is 13.3. The van der Waals surface area contributed by atoms with E-state index in [1.54, 1.807) is 12.1 Å². The van der Waals surface area contributed by atoms with Crippen LogP contribution in [0.5, 0.6) is 5.75 Å². The van der Waals surface area contributed by atoms with E-state index in [2.05, 4.69) is 0 Å². The topological polar surface area (TPSA) is 136 Å². The molecule has 39 heavy (non-hydrogen) atoms. The molecule has 212 valence electrons. The van der Waals surface area contributed by atoms with Crippen molar-refractivity contribution in [3.63, 3.8) is 0 Å². The van der Waals surface area contributed by atoms with E-state index in [0.717, 1.165) is 12.8 Å². The number of rotatable bonds is 10. The molecule has 1 saturated carbocycles. The Morgan fingerprint density at radius 2 is 1.59 bits per heavy atom. The van der Waals surface area contributed by atoms with Crippen LogP contribution in [0, 0.1) is 7.14 Å². The van der Waals surface area contributed by atoms with Crippen LogP contribution in [0.15, 0.2) is 36.4 Å². The largest absolute Gasteiger partial charge is 0.743 e. The lowest BCUT2D eigenvalue weighted by atomic mass is 10.0. The molecule has 0 heterocycles. The highest BCUT2D eigenvalue weighted by atomic mass is 127. The Bertz CT molecular complexity index is 1370. The number of esters is 3. The van der Waals surface area contributed by atoms with Crippen molar-refractivity contribution in [2.75, 3.05) is 6.61 Å². The van der Waals surface area contributed by atoms with Crippen LogP contribution in [0.25, 0.3) is 0 Å². The van der Waals surface area contributed by atoms with Crippen molar-refractivity contribution >= 4 is 73.2 Å². The van der Waals surface area contributed by atoms with Gasteiger partial charge < -0.3 is 18.8 Å². The second kappa shape index (κ2) is 12.7. The molecule has 0 unspecified atom stereocenters. The monoisotopic (exact) mass is 791 g/mol. The fourth-order valence-electron chi connectivity index (χ4n) is 3.95. The number of hydrogen-bond acceptors (Lipinski definition) is 9. The molecule has 0 amide bonds. The van der Waals surface area contributed by atoms with E-state index in [1.165, 1.54) is 24.3 Å². The SMILES string of the molecule is CC1(OC(=O)c2ccccc2C(=O)Oc2c(I)cc(I)cc2C(=O)OCCCC(F)(F)S(=O)(=O)[O-])CCCC1. The molecular weight excluding hydrogens is 768 g/mol. The van der Waals surface area contributed by atoms with Gasteiger partial charge in [-0.1, -0.05) is 12.1 Å². The van der Waals surface area contributed by atoms with E-state index < -0.39 is 58.3 Å². The van der Waals surface area contributed by atoms with Gasteiger partial charge in [0.15, 0.2) is 15.9 Å². The van der Waals surface area contributed by atoms with Crippen LogP contribution >= 0.6 is 45.2 Å². The third-order valence-electron chi connectivity index (χ3n) is 6.00. The summed E-state index contributed by atoms with van der Waals surface area (Å²) in [4.78, 5) is 38.9. The zero-order chi connectivity index (χ0) is 29.0. The van der Waals surface area contributed by atoms with E-state index in [0.29, 0.717) is 20.0 Å². The van der Waals surface area contributed by atoms with Crippen molar-refractivity contribution in [2.45, 2.75) is 56.3 Å². The van der Waals surface area contributed by atoms with Gasteiger partial charge in [0.1, 0.15) is 11.2 Å². The van der Waals surface area contributed by atoms with Crippen molar-refractivity contribution < 1.29 is 50.3 Å². The summed E-state index contributed by atoms with van der Waals surface area (Å²) in [6.07, 6.45) is 1.34. The Morgan fingerprint density at radius 1 is 1.00 bits per heavy atom. The first-order chi connectivity index (χ1) is 18.1. The van der Waals surface area contributed by atoms with Crippen LogP contribution in [-0.4, -0.2) is 48.3 Å². The second-order valence-corrected chi connectivity index (χ2v) is 13.0. The molecule has 0 atom stereocenters. The molecule has 0 bridgehead atoms. The van der Waals surface area contributed by atoms with Crippen LogP contribution in [0.2, 0.25) is 0 Å². The first-order valence-corrected chi connectivity index (χ1v) is 15.2. The van der Waals surface area contributed by atoms with Gasteiger partial charge in [0.2, 0.25) is 0 Å². The predicted octanol–water partition coefficient (Wildman–Crippen LogP) is 5.68. The minimum atomic E-state index is -5.85. The van der Waals surface area contributed by atoms with E-state index in [-0.39, 0.29) is 22.4 Å². The summed E-state index contributed by atoms with van der Waals surface area (Å²) in [6.45, 7) is 1.22. The minimum absolute atomic E-state index is 0.00507. The molecule has 0 radical (unpaired) electrons. The first kappa shape index (κ1) is 31.6. The minimum Gasteiger partial charge on any atom is -0.743 e. The van der Waals surface area contributed by atoms with E-state index in [9.17, 15) is 36.1 Å². The average molecular weight is 791 g/mol. The van der Waals surface area contributed by atoms with Gasteiger partial charge in [-0.15, -0.1) is 0 Å². The second-order valence-electron chi connectivity index (χ2n) is 9.08. The summed E-state index contributed by atoms with van der Waals surface area (Å²) < 4.78 is 75.7. The van der Waals surface area contributed by atoms with Crippen molar-refractivity contribution in [3.05, 3.63) is 60.2 Å². The van der Waals surface area contributed by atoms with Gasteiger partial charge in [0.05, 0.1) is 21.3 Å². The molecule has 0 saturated heterocycles. The smallest absolute Gasteiger partial charge is 0.344 e.